The van der Waals surface area contributed by atoms with Gasteiger partial charge in [0, 0.05) is 25.7 Å². The number of nitrogens with zero attached hydrogens (tertiary/aromatic N) is 4. The van der Waals surface area contributed by atoms with E-state index in [0.29, 0.717) is 12.6 Å². The van der Waals surface area contributed by atoms with E-state index in [1.807, 2.05) is 32.0 Å². The standard InChI is InChI=1S/C14H17N5O2.C2H6/c1-17-8-13-11(7-16-18(13)9-5-15-6-9)10-3-2-4-12(14(10)17)19(20)21;1-2/h4,7,9,15H,2-3,5-6,8H2,1H3;1-2H3. The van der Waals surface area contributed by atoms with Gasteiger partial charge in [0.05, 0.1) is 29.4 Å². The highest BCUT2D eigenvalue weighted by atomic mass is 16.6. The zero-order valence-electron chi connectivity index (χ0n) is 13.9. The highest BCUT2D eigenvalue weighted by Gasteiger charge is 2.36. The molecule has 0 radical (unpaired) electrons. The predicted molar refractivity (Wildman–Crippen MR) is 88.2 cm³/mol. The fourth-order valence-corrected chi connectivity index (χ4v) is 3.43. The van der Waals surface area contributed by atoms with Crippen molar-refractivity contribution >= 4 is 5.57 Å². The summed E-state index contributed by atoms with van der Waals surface area (Å²) in [7, 11) is 1.93. The molecule has 0 saturated carbocycles. The molecule has 7 nitrogen and oxygen atoms in total. The lowest BCUT2D eigenvalue weighted by molar-refractivity contribution is -0.423. The van der Waals surface area contributed by atoms with Crippen molar-refractivity contribution in [2.24, 2.45) is 0 Å². The van der Waals surface area contributed by atoms with Crippen molar-refractivity contribution in [3.8, 4) is 0 Å². The number of nitro groups is 1. The smallest absolute Gasteiger partial charge is 0.288 e. The molecule has 7 heteroatoms. The SMILES string of the molecule is CC.CN1Cc2c(cnn2C2CNC2)C2=C1C([N+](=O)[O-])=CCC2. The molecule has 1 fully saturated rings. The quantitative estimate of drug-likeness (QED) is 0.668. The van der Waals surface area contributed by atoms with Crippen LogP contribution in [0, 0.1) is 10.1 Å². The second kappa shape index (κ2) is 6.16. The van der Waals surface area contributed by atoms with E-state index in [1.54, 1.807) is 6.08 Å². The second-order valence-electron chi connectivity index (χ2n) is 5.83. The third-order valence-electron chi connectivity index (χ3n) is 4.56. The Morgan fingerprint density at radius 3 is 2.74 bits per heavy atom. The Kier molecular flexibility index (Phi) is 4.21. The number of allylic oxidation sites excluding steroid dienone is 2. The fraction of sp³-hybridized carbons (Fsp3) is 0.562. The van der Waals surface area contributed by atoms with Gasteiger partial charge in [-0.2, -0.15) is 5.10 Å². The molecule has 0 spiro atoms. The average Bonchev–Trinajstić information content (AvgIpc) is 2.91. The summed E-state index contributed by atoms with van der Waals surface area (Å²) < 4.78 is 2.09. The summed E-state index contributed by atoms with van der Waals surface area (Å²) in [6.45, 7) is 6.57. The van der Waals surface area contributed by atoms with Crippen molar-refractivity contribution < 1.29 is 4.92 Å². The fourth-order valence-electron chi connectivity index (χ4n) is 3.43. The molecule has 1 saturated heterocycles. The van der Waals surface area contributed by atoms with Gasteiger partial charge in [0.15, 0.2) is 0 Å². The van der Waals surface area contributed by atoms with Gasteiger partial charge >= 0.3 is 0 Å². The molecular formula is C16H23N5O2. The van der Waals surface area contributed by atoms with E-state index in [4.69, 9.17) is 0 Å². The minimum absolute atomic E-state index is 0.238. The molecule has 3 aliphatic rings. The molecule has 0 bridgehead atoms. The molecule has 124 valence electrons. The summed E-state index contributed by atoms with van der Waals surface area (Å²) in [5.74, 6) is 0. The van der Waals surface area contributed by atoms with Gasteiger partial charge in [-0.3, -0.25) is 14.8 Å². The van der Waals surface area contributed by atoms with Gasteiger partial charge in [0.2, 0.25) is 0 Å². The van der Waals surface area contributed by atoms with Crippen LogP contribution in [-0.2, 0) is 6.54 Å². The first-order valence-corrected chi connectivity index (χ1v) is 8.23. The second-order valence-corrected chi connectivity index (χ2v) is 5.83. The Labute approximate surface area is 135 Å². The first-order valence-electron chi connectivity index (χ1n) is 8.23. The van der Waals surface area contributed by atoms with Crippen LogP contribution >= 0.6 is 0 Å². The number of likely N-dealkylation sites (N-methyl/N-ethyl adjacent to an activating group) is 1. The van der Waals surface area contributed by atoms with Crippen LogP contribution in [0.4, 0.5) is 0 Å². The van der Waals surface area contributed by atoms with Crippen LogP contribution in [0.15, 0.2) is 23.7 Å². The van der Waals surface area contributed by atoms with E-state index in [-0.39, 0.29) is 10.6 Å². The van der Waals surface area contributed by atoms with E-state index < -0.39 is 0 Å². The summed E-state index contributed by atoms with van der Waals surface area (Å²) in [4.78, 5) is 13.0. The molecule has 1 aliphatic carbocycles. The zero-order chi connectivity index (χ0) is 16.6. The van der Waals surface area contributed by atoms with Crippen molar-refractivity contribution in [2.75, 3.05) is 20.1 Å². The lowest BCUT2D eigenvalue weighted by Gasteiger charge is -2.34. The van der Waals surface area contributed by atoms with Crippen molar-refractivity contribution in [1.29, 1.82) is 0 Å². The highest BCUT2D eigenvalue weighted by molar-refractivity contribution is 5.75. The van der Waals surface area contributed by atoms with Gasteiger partial charge < -0.3 is 10.2 Å². The molecule has 0 aromatic carbocycles. The Morgan fingerprint density at radius 2 is 2.13 bits per heavy atom. The summed E-state index contributed by atoms with van der Waals surface area (Å²) in [5.41, 5.74) is 4.37. The van der Waals surface area contributed by atoms with Gasteiger partial charge in [-0.05, 0) is 24.5 Å². The Balaban J connectivity index is 0.000000753. The third-order valence-corrected chi connectivity index (χ3v) is 4.56. The summed E-state index contributed by atoms with van der Waals surface area (Å²) in [6, 6.07) is 0.415. The Hall–Kier alpha value is -2.15. The van der Waals surface area contributed by atoms with Crippen LogP contribution in [-0.4, -0.2) is 39.7 Å². The third kappa shape index (κ3) is 2.45. The van der Waals surface area contributed by atoms with Gasteiger partial charge in [-0.15, -0.1) is 0 Å². The van der Waals surface area contributed by atoms with Crippen LogP contribution < -0.4 is 5.32 Å². The maximum Gasteiger partial charge on any atom is 0.288 e. The molecule has 1 N–H and O–H groups in total. The topological polar surface area (TPSA) is 76.2 Å². The number of nitrogens with one attached hydrogen (secondary N) is 1. The van der Waals surface area contributed by atoms with Crippen molar-refractivity contribution in [3.63, 3.8) is 0 Å². The van der Waals surface area contributed by atoms with Crippen LogP contribution in [0.2, 0.25) is 0 Å². The number of rotatable bonds is 2. The van der Waals surface area contributed by atoms with E-state index in [0.717, 1.165) is 42.8 Å². The zero-order valence-corrected chi connectivity index (χ0v) is 13.9. The van der Waals surface area contributed by atoms with Crippen LogP contribution in [0.3, 0.4) is 0 Å². The van der Waals surface area contributed by atoms with Crippen LogP contribution in [0.25, 0.3) is 5.57 Å². The van der Waals surface area contributed by atoms with Crippen LogP contribution in [0.5, 0.6) is 0 Å². The van der Waals surface area contributed by atoms with Crippen LogP contribution in [0.1, 0.15) is 44.0 Å². The maximum atomic E-state index is 11.3. The molecule has 0 unspecified atom stereocenters. The largest absolute Gasteiger partial charge is 0.363 e. The van der Waals surface area contributed by atoms with E-state index >= 15 is 0 Å². The minimum Gasteiger partial charge on any atom is -0.363 e. The van der Waals surface area contributed by atoms with Gasteiger partial charge in [0.1, 0.15) is 5.70 Å². The van der Waals surface area contributed by atoms with Gasteiger partial charge in [-0.1, -0.05) is 13.8 Å². The molecule has 2 aliphatic heterocycles. The molecule has 3 heterocycles. The normalized spacial score (nSPS) is 20.0. The van der Waals surface area contributed by atoms with Gasteiger partial charge in [0.25, 0.3) is 5.70 Å². The summed E-state index contributed by atoms with van der Waals surface area (Å²) in [5, 5.41) is 19.1. The molecule has 0 amide bonds. The monoisotopic (exact) mass is 317 g/mol. The van der Waals surface area contributed by atoms with E-state index in [1.165, 1.54) is 5.69 Å². The highest BCUT2D eigenvalue weighted by Crippen LogP contribution is 2.40. The molecule has 0 atom stereocenters. The summed E-state index contributed by atoms with van der Waals surface area (Å²) >= 11 is 0. The molecular weight excluding hydrogens is 294 g/mol. The number of hydrogen-bond donors (Lipinski definition) is 1. The number of hydrogen-bond acceptors (Lipinski definition) is 5. The predicted octanol–water partition coefficient (Wildman–Crippen LogP) is 2.16. The molecule has 4 rings (SSSR count). The van der Waals surface area contributed by atoms with Gasteiger partial charge in [-0.25, -0.2) is 0 Å². The van der Waals surface area contributed by atoms with Crippen molar-refractivity contribution in [1.82, 2.24) is 20.0 Å². The maximum absolute atomic E-state index is 11.3. The Bertz CT molecular complexity index is 685. The Morgan fingerprint density at radius 1 is 1.39 bits per heavy atom. The average molecular weight is 317 g/mol. The van der Waals surface area contributed by atoms with E-state index in [9.17, 15) is 10.1 Å². The van der Waals surface area contributed by atoms with Crippen molar-refractivity contribution in [2.45, 2.75) is 39.3 Å². The van der Waals surface area contributed by atoms with E-state index in [2.05, 4.69) is 15.1 Å². The molecule has 1 aromatic rings. The van der Waals surface area contributed by atoms with Crippen molar-refractivity contribution in [3.05, 3.63) is 45.0 Å². The minimum atomic E-state index is -0.268. The summed E-state index contributed by atoms with van der Waals surface area (Å²) in [6.07, 6.45) is 5.19. The molecule has 23 heavy (non-hydrogen) atoms. The molecule has 1 aromatic heterocycles. The first kappa shape index (κ1) is 15.7. The lowest BCUT2D eigenvalue weighted by atomic mass is 9.90. The number of aromatic nitrogens is 2. The first-order chi connectivity index (χ1) is 11.2. The lowest BCUT2D eigenvalue weighted by Crippen LogP contribution is -2.45. The number of fused-ring (bicyclic) bond motifs is 2.